The number of nitrogens with zero attached hydrogens (tertiary/aromatic N) is 2. The number of nitrogens with two attached hydrogens (primary N) is 1. The number of nitrogens with one attached hydrogen (secondary N) is 1. The van der Waals surface area contributed by atoms with Crippen molar-refractivity contribution in [2.45, 2.75) is 0 Å². The summed E-state index contributed by atoms with van der Waals surface area (Å²) < 4.78 is 16.6. The summed E-state index contributed by atoms with van der Waals surface area (Å²) in [6.07, 6.45) is 1.34. The number of benzene rings is 1. The van der Waals surface area contributed by atoms with Gasteiger partial charge in [-0.05, 0) is 29.7 Å². The van der Waals surface area contributed by atoms with E-state index in [9.17, 15) is 9.18 Å². The first-order chi connectivity index (χ1) is 8.58. The topological polar surface area (TPSA) is 80.9 Å². The minimum atomic E-state index is -0.477. The molecule has 0 aliphatic carbocycles. The highest BCUT2D eigenvalue weighted by Gasteiger charge is 2.13. The summed E-state index contributed by atoms with van der Waals surface area (Å²) in [4.78, 5) is 12.1. The number of anilines is 1. The van der Waals surface area contributed by atoms with Crippen LogP contribution in [0.25, 0.3) is 0 Å². The molecule has 1 heterocycles. The SMILES string of the molecule is NC(=S)c1cc(F)ccc1NC(=O)c1cnns1. The first-order valence-corrected chi connectivity index (χ1v) is 5.94. The molecule has 5 nitrogen and oxygen atoms in total. The largest absolute Gasteiger partial charge is 0.389 e. The molecule has 0 saturated carbocycles. The molecule has 18 heavy (non-hydrogen) atoms. The molecular formula is C10H7FN4OS2. The fraction of sp³-hybridized carbons (Fsp3) is 0. The van der Waals surface area contributed by atoms with Crippen LogP contribution in [0.15, 0.2) is 24.4 Å². The molecule has 0 atom stereocenters. The zero-order valence-corrected chi connectivity index (χ0v) is 10.5. The molecule has 1 aromatic heterocycles. The highest BCUT2D eigenvalue weighted by atomic mass is 32.1. The number of amides is 1. The zero-order chi connectivity index (χ0) is 13.1. The Hall–Kier alpha value is -1.93. The zero-order valence-electron chi connectivity index (χ0n) is 8.88. The number of thiocarbonyl (C=S) groups is 1. The predicted molar refractivity (Wildman–Crippen MR) is 70.1 cm³/mol. The van der Waals surface area contributed by atoms with Gasteiger partial charge in [0.15, 0.2) is 0 Å². The third-order valence-corrected chi connectivity index (χ3v) is 2.96. The quantitative estimate of drug-likeness (QED) is 0.835. The predicted octanol–water partition coefficient (Wildman–Crippen LogP) is 1.56. The smallest absolute Gasteiger partial charge is 0.269 e. The van der Waals surface area contributed by atoms with E-state index in [0.29, 0.717) is 10.6 Å². The molecule has 1 amide bonds. The van der Waals surface area contributed by atoms with E-state index in [1.165, 1.54) is 24.4 Å². The number of hydrogen-bond donors (Lipinski definition) is 2. The lowest BCUT2D eigenvalue weighted by Crippen LogP contribution is -2.17. The number of carbonyl (C=O) groups excluding carboxylic acids is 1. The van der Waals surface area contributed by atoms with Gasteiger partial charge in [0.1, 0.15) is 15.7 Å². The minimum absolute atomic E-state index is 0.00669. The van der Waals surface area contributed by atoms with Gasteiger partial charge >= 0.3 is 0 Å². The average Bonchev–Trinajstić information content (AvgIpc) is 2.84. The van der Waals surface area contributed by atoms with Gasteiger partial charge in [-0.25, -0.2) is 4.39 Å². The first-order valence-electron chi connectivity index (χ1n) is 4.76. The lowest BCUT2D eigenvalue weighted by molar-refractivity contribution is 0.103. The van der Waals surface area contributed by atoms with Gasteiger partial charge in [0.2, 0.25) is 0 Å². The normalized spacial score (nSPS) is 10.1. The summed E-state index contributed by atoms with van der Waals surface area (Å²) in [5, 5.41) is 6.13. The molecule has 0 aliphatic rings. The van der Waals surface area contributed by atoms with Crippen molar-refractivity contribution in [2.75, 3.05) is 5.32 Å². The van der Waals surface area contributed by atoms with Crippen LogP contribution in [0.4, 0.5) is 10.1 Å². The van der Waals surface area contributed by atoms with Crippen molar-refractivity contribution in [1.29, 1.82) is 0 Å². The summed E-state index contributed by atoms with van der Waals surface area (Å²) in [6.45, 7) is 0. The maximum atomic E-state index is 13.1. The fourth-order valence-electron chi connectivity index (χ4n) is 1.28. The van der Waals surface area contributed by atoms with Gasteiger partial charge in [0.25, 0.3) is 5.91 Å². The van der Waals surface area contributed by atoms with Crippen LogP contribution >= 0.6 is 23.8 Å². The molecule has 0 aliphatic heterocycles. The highest BCUT2D eigenvalue weighted by molar-refractivity contribution is 7.80. The van der Waals surface area contributed by atoms with Crippen LogP contribution in [-0.4, -0.2) is 20.5 Å². The Morgan fingerprint density at radius 1 is 1.50 bits per heavy atom. The molecule has 2 rings (SSSR count). The molecule has 8 heteroatoms. The molecule has 3 N–H and O–H groups in total. The Bertz CT molecular complexity index is 600. The fourth-order valence-corrected chi connectivity index (χ4v) is 1.86. The minimum Gasteiger partial charge on any atom is -0.389 e. The van der Waals surface area contributed by atoms with Crippen LogP contribution < -0.4 is 11.1 Å². The van der Waals surface area contributed by atoms with E-state index in [1.54, 1.807) is 0 Å². The van der Waals surface area contributed by atoms with Gasteiger partial charge in [0, 0.05) is 5.56 Å². The van der Waals surface area contributed by atoms with Crippen molar-refractivity contribution in [3.63, 3.8) is 0 Å². The van der Waals surface area contributed by atoms with Crippen molar-refractivity contribution in [3.8, 4) is 0 Å². The maximum Gasteiger partial charge on any atom is 0.269 e. The lowest BCUT2D eigenvalue weighted by atomic mass is 10.1. The van der Waals surface area contributed by atoms with E-state index in [0.717, 1.165) is 11.5 Å². The second kappa shape index (κ2) is 5.15. The summed E-state index contributed by atoms with van der Waals surface area (Å²) in [6, 6.07) is 3.78. The Labute approximate surface area is 111 Å². The maximum absolute atomic E-state index is 13.1. The Morgan fingerprint density at radius 2 is 2.28 bits per heavy atom. The van der Waals surface area contributed by atoms with Gasteiger partial charge in [-0.1, -0.05) is 16.7 Å². The van der Waals surface area contributed by atoms with Gasteiger partial charge in [-0.15, -0.1) is 5.10 Å². The van der Waals surface area contributed by atoms with Gasteiger partial charge in [-0.3, -0.25) is 4.79 Å². The summed E-state index contributed by atoms with van der Waals surface area (Å²) in [7, 11) is 0. The molecule has 0 radical (unpaired) electrons. The van der Waals surface area contributed by atoms with Crippen LogP contribution in [0.2, 0.25) is 0 Å². The molecule has 0 bridgehead atoms. The number of halogens is 1. The molecule has 1 aromatic carbocycles. The molecule has 2 aromatic rings. The van der Waals surface area contributed by atoms with Gasteiger partial charge in [0.05, 0.1) is 11.9 Å². The van der Waals surface area contributed by atoms with Crippen LogP contribution in [0.1, 0.15) is 15.2 Å². The number of carbonyl (C=O) groups is 1. The van der Waals surface area contributed by atoms with Crippen molar-refractivity contribution in [1.82, 2.24) is 9.59 Å². The van der Waals surface area contributed by atoms with Crippen molar-refractivity contribution in [3.05, 3.63) is 40.7 Å². The number of hydrogen-bond acceptors (Lipinski definition) is 5. The first kappa shape index (κ1) is 12.5. The number of rotatable bonds is 3. The molecule has 92 valence electrons. The van der Waals surface area contributed by atoms with E-state index < -0.39 is 11.7 Å². The Morgan fingerprint density at radius 3 is 2.89 bits per heavy atom. The van der Waals surface area contributed by atoms with E-state index >= 15 is 0 Å². The second-order valence-electron chi connectivity index (χ2n) is 3.29. The van der Waals surface area contributed by atoms with Crippen molar-refractivity contribution >= 4 is 40.3 Å². The lowest BCUT2D eigenvalue weighted by Gasteiger charge is -2.09. The average molecular weight is 282 g/mol. The summed E-state index contributed by atoms with van der Waals surface area (Å²) in [5.41, 5.74) is 6.09. The summed E-state index contributed by atoms with van der Waals surface area (Å²) in [5.74, 6) is -0.871. The van der Waals surface area contributed by atoms with Gasteiger partial charge in [-0.2, -0.15) is 0 Å². The van der Waals surface area contributed by atoms with E-state index in [1.807, 2.05) is 0 Å². The molecule has 0 saturated heterocycles. The van der Waals surface area contributed by atoms with E-state index in [-0.39, 0.29) is 10.6 Å². The Kier molecular flexibility index (Phi) is 3.58. The van der Waals surface area contributed by atoms with E-state index in [4.69, 9.17) is 18.0 Å². The monoisotopic (exact) mass is 282 g/mol. The molecule has 0 fully saturated rings. The van der Waals surface area contributed by atoms with E-state index in [2.05, 4.69) is 14.9 Å². The van der Waals surface area contributed by atoms with Gasteiger partial charge < -0.3 is 11.1 Å². The Balaban J connectivity index is 2.29. The van der Waals surface area contributed by atoms with Crippen LogP contribution in [0, 0.1) is 5.82 Å². The summed E-state index contributed by atoms with van der Waals surface area (Å²) >= 11 is 5.76. The highest BCUT2D eigenvalue weighted by Crippen LogP contribution is 2.18. The van der Waals surface area contributed by atoms with Crippen LogP contribution in [0.3, 0.4) is 0 Å². The number of aromatic nitrogens is 2. The van der Waals surface area contributed by atoms with Crippen molar-refractivity contribution < 1.29 is 9.18 Å². The van der Waals surface area contributed by atoms with Crippen LogP contribution in [0.5, 0.6) is 0 Å². The third kappa shape index (κ3) is 2.66. The molecule has 0 spiro atoms. The molecular weight excluding hydrogens is 275 g/mol. The van der Waals surface area contributed by atoms with Crippen molar-refractivity contribution in [2.24, 2.45) is 5.73 Å². The standard InChI is InChI=1S/C10H7FN4OS2/c11-5-1-2-7(6(3-5)9(12)17)14-10(16)8-4-13-15-18-8/h1-4H,(H2,12,17)(H,14,16). The second-order valence-corrected chi connectivity index (χ2v) is 4.52. The third-order valence-electron chi connectivity index (χ3n) is 2.08. The molecule has 0 unspecified atom stereocenters. The van der Waals surface area contributed by atoms with Crippen LogP contribution in [-0.2, 0) is 0 Å².